The first-order valence-electron chi connectivity index (χ1n) is 33.4. The maximum atomic E-state index is 15.3. The van der Waals surface area contributed by atoms with E-state index in [0.717, 1.165) is 39.3 Å². The molecule has 0 spiro atoms. The van der Waals surface area contributed by atoms with E-state index in [9.17, 15) is 96.1 Å². The van der Waals surface area contributed by atoms with Gasteiger partial charge in [-0.3, -0.25) is 4.79 Å². The third kappa shape index (κ3) is 15.6. The summed E-state index contributed by atoms with van der Waals surface area (Å²) in [5.74, 6) is -15.1. The second kappa shape index (κ2) is 33.8. The van der Waals surface area contributed by atoms with Crippen molar-refractivity contribution in [1.82, 2.24) is 0 Å². The molecule has 8 aliphatic heterocycles. The lowest BCUT2D eigenvalue weighted by atomic mass is 9.76. The molecule has 10 rings (SSSR count). The van der Waals surface area contributed by atoms with E-state index in [0.29, 0.717) is 6.29 Å². The number of aliphatic hydroxyl groups excluding tert-OH is 16. The number of ether oxygens (including phenoxy) is 16. The van der Waals surface area contributed by atoms with Crippen molar-refractivity contribution in [2.24, 2.45) is 59.2 Å². The maximum Gasteiger partial charge on any atom is 0.338 e. The summed E-state index contributed by atoms with van der Waals surface area (Å²) in [7, 11) is 2.22. The number of hydrogen-bond donors (Lipinski definition) is 16. The fourth-order valence-corrected chi connectivity index (χ4v) is 15.2. The van der Waals surface area contributed by atoms with Gasteiger partial charge in [0.15, 0.2) is 25.2 Å². The smallest absolute Gasteiger partial charge is 0.338 e. The number of aliphatic hydroxyl groups is 16. The van der Waals surface area contributed by atoms with Crippen LogP contribution in [-0.2, 0) is 99.8 Å². The number of fused-ring (bicyclic) bond motifs is 2. The average molecular weight is 1480 g/mol. The topological polar surface area (TPSA) is 557 Å². The Kier molecular flexibility index (Phi) is 26.1. The molecule has 0 aromatic heterocycles. The molecule has 103 heavy (non-hydrogen) atoms. The molecule has 4 saturated heterocycles. The molecule has 0 bridgehead atoms. The number of carbonyl (C=O) groups excluding carboxylic acids is 5. The van der Waals surface area contributed by atoms with Crippen molar-refractivity contribution in [3.8, 4) is 0 Å². The van der Waals surface area contributed by atoms with Gasteiger partial charge in [-0.1, -0.05) is 32.1 Å². The lowest BCUT2D eigenvalue weighted by Gasteiger charge is -2.43. The minimum absolute atomic E-state index is 0.0243. The van der Waals surface area contributed by atoms with E-state index in [4.69, 9.17) is 75.8 Å². The Labute approximate surface area is 587 Å². The Balaban J connectivity index is 0.986. The van der Waals surface area contributed by atoms with E-state index >= 15 is 9.59 Å². The molecule has 6 fully saturated rings. The quantitative estimate of drug-likeness (QED) is 0.0140. The molecule has 0 radical (unpaired) electrons. The van der Waals surface area contributed by atoms with Crippen molar-refractivity contribution < 1.29 is 181 Å². The van der Waals surface area contributed by atoms with Crippen LogP contribution in [0.1, 0.15) is 33.1 Å². The van der Waals surface area contributed by atoms with Gasteiger partial charge in [-0.2, -0.15) is 0 Å². The first-order valence-corrected chi connectivity index (χ1v) is 33.4. The molecule has 2 aliphatic carbocycles. The summed E-state index contributed by atoms with van der Waals surface area (Å²) < 4.78 is 93.4. The van der Waals surface area contributed by atoms with Crippen molar-refractivity contribution >= 4 is 30.2 Å². The highest BCUT2D eigenvalue weighted by Crippen LogP contribution is 2.52. The maximum absolute atomic E-state index is 15.3. The van der Waals surface area contributed by atoms with Gasteiger partial charge >= 0.3 is 23.9 Å². The summed E-state index contributed by atoms with van der Waals surface area (Å²) in [6.45, 7) is 7.78. The van der Waals surface area contributed by atoms with Crippen LogP contribution in [0.15, 0.2) is 84.3 Å². The van der Waals surface area contributed by atoms with Crippen LogP contribution in [0.3, 0.4) is 0 Å². The van der Waals surface area contributed by atoms with Gasteiger partial charge in [-0.25, -0.2) is 19.2 Å². The Hall–Kier alpha value is -6.03. The number of hydrogen-bond acceptors (Lipinski definition) is 37. The van der Waals surface area contributed by atoms with E-state index in [1.54, 1.807) is 13.8 Å². The van der Waals surface area contributed by atoms with Gasteiger partial charge in [0.05, 0.1) is 93.9 Å². The second-order valence-corrected chi connectivity index (χ2v) is 26.8. The van der Waals surface area contributed by atoms with Crippen LogP contribution in [-0.4, -0.2) is 313 Å². The molecular weight excluding hydrogens is 1380 g/mol. The SMILES string of the molecule is C=C[C@H]1[C@H](O[C@@H]2O[C@H](CO)[C@@H](O)[C@H](O)[C@H]2O)OC=C(C(=O)O[C@H]2C[C@@H]3C(C(=O)OC)=CO[C@@H](O[C@@H]4O[C@H](CO)[C@@H](O)[C@H](O)[C@H]4O)[C@@H]3[C@H]2C)[C@H]1C/C=C(\C=O)[C@@H]1C(C(=O)O[C@@H]2C[C@@H]3C(C(=O)OC)=CO[C@@H](O[C@@H]4O[C@H](CO)[C@@H](O)[C@H](O)[C@H]4O)[C@@H]3[C@H]2C)=CO[C@@H](O[C@@H]2O[C@H](CO)[C@@H](O)[C@H](O)[C@H]2O)[C@@H]1C=C. The number of esters is 4. The number of methoxy groups -OCH3 is 2. The lowest BCUT2D eigenvalue weighted by molar-refractivity contribution is -0.342. The highest BCUT2D eigenvalue weighted by Gasteiger charge is 2.59. The molecule has 0 aromatic rings. The van der Waals surface area contributed by atoms with Crippen molar-refractivity contribution in [3.05, 3.63) is 84.3 Å². The lowest BCUT2D eigenvalue weighted by Crippen LogP contribution is -2.60. The number of aldehydes is 1. The molecule has 0 aromatic carbocycles. The predicted molar refractivity (Wildman–Crippen MR) is 330 cm³/mol. The predicted octanol–water partition coefficient (Wildman–Crippen LogP) is -6.72. The fraction of sp³-hybridized carbons (Fsp3) is 0.712. The summed E-state index contributed by atoms with van der Waals surface area (Å²) in [5.41, 5.74) is -1.13. The van der Waals surface area contributed by atoms with Crippen LogP contribution in [0, 0.1) is 59.2 Å². The van der Waals surface area contributed by atoms with Crippen molar-refractivity contribution in [1.29, 1.82) is 0 Å². The molecular formula is C66H90O37. The van der Waals surface area contributed by atoms with E-state index in [2.05, 4.69) is 13.2 Å². The summed E-state index contributed by atoms with van der Waals surface area (Å²) >= 11 is 0. The Morgan fingerprint density at radius 2 is 0.757 bits per heavy atom. The Morgan fingerprint density at radius 3 is 1.10 bits per heavy atom. The van der Waals surface area contributed by atoms with Crippen LogP contribution in [0.4, 0.5) is 0 Å². The molecule has 36 atom stereocenters. The molecule has 576 valence electrons. The van der Waals surface area contributed by atoms with Gasteiger partial charge in [0.25, 0.3) is 0 Å². The first-order chi connectivity index (χ1) is 49.1. The summed E-state index contributed by atoms with van der Waals surface area (Å²) in [6.07, 6.45) is -37.1. The van der Waals surface area contributed by atoms with Gasteiger partial charge < -0.3 is 157 Å². The van der Waals surface area contributed by atoms with Gasteiger partial charge in [-0.05, 0) is 24.8 Å². The van der Waals surface area contributed by atoms with Gasteiger partial charge in [0.1, 0.15) is 116 Å². The molecule has 0 unspecified atom stereocenters. The summed E-state index contributed by atoms with van der Waals surface area (Å²) in [6, 6.07) is 0. The minimum Gasteiger partial charge on any atom is -0.472 e. The molecule has 2 saturated carbocycles. The Bertz CT molecular complexity index is 3170. The first kappa shape index (κ1) is 79.5. The van der Waals surface area contributed by atoms with E-state index in [1.165, 1.54) is 18.2 Å². The van der Waals surface area contributed by atoms with Gasteiger partial charge in [0.2, 0.25) is 25.2 Å². The van der Waals surface area contributed by atoms with Crippen LogP contribution in [0.2, 0.25) is 0 Å². The molecule has 8 heterocycles. The van der Waals surface area contributed by atoms with Gasteiger partial charge in [0, 0.05) is 53.3 Å². The van der Waals surface area contributed by atoms with E-state index < -0.39 is 282 Å². The molecule has 16 N–H and O–H groups in total. The minimum atomic E-state index is -2.02. The zero-order valence-corrected chi connectivity index (χ0v) is 56.0. The highest BCUT2D eigenvalue weighted by molar-refractivity contribution is 5.93. The molecule has 37 heteroatoms. The van der Waals surface area contributed by atoms with Crippen LogP contribution >= 0.6 is 0 Å². The zero-order chi connectivity index (χ0) is 74.9. The summed E-state index contributed by atoms with van der Waals surface area (Å²) in [5, 5.41) is 169. The summed E-state index contributed by atoms with van der Waals surface area (Å²) in [4.78, 5) is 71.3. The third-order valence-corrected chi connectivity index (χ3v) is 21.2. The molecule has 10 aliphatic rings. The van der Waals surface area contributed by atoms with E-state index in [1.807, 2.05) is 0 Å². The van der Waals surface area contributed by atoms with Crippen molar-refractivity contribution in [2.45, 2.75) is 193 Å². The molecule has 0 amide bonds. The second-order valence-electron chi connectivity index (χ2n) is 26.8. The van der Waals surface area contributed by atoms with Crippen molar-refractivity contribution in [3.63, 3.8) is 0 Å². The van der Waals surface area contributed by atoms with Crippen LogP contribution < -0.4 is 0 Å². The van der Waals surface area contributed by atoms with Crippen molar-refractivity contribution in [2.75, 3.05) is 40.6 Å². The highest BCUT2D eigenvalue weighted by atomic mass is 16.8. The standard InChI is InChI=1S/C66H90O37/c1-7-25-27(30(18-90-59(25)100-63-51(80)47(76)43(72)36(14-68)96-63)57(86)94-34-11-28-31(55(84)88-5)19-92-61(40(28)22(34)3)102-65-53(82)49(78)45(74)38(16-70)98-65)10-9-24(13-67)42-26(8-2)60(101-64-52(81)48(77)44(73)37(15-69)97-64)91-21-33(42)58(87)95-35-12-29-32(56(85)89-6)20-93-62(41(29)23(35)4)103-66-54(83)50(79)46(75)39(17-71)99-66/h7-9,13,18-23,25-29,34-54,59-66,68-83H,1-2,10-12,14-17H2,3-6H3/b24-9+/t22-,23-,25+,26+,27-,28+,29+,34-,35+,36+,37+,38+,39+,40+,41+,42-,43+,44+,45+,46+,47-,48-,49-,50-,51+,52+,53+,54+,59-,60-,61-,62-,63-,64-,65-,66-/m0/s1. The monoisotopic (exact) mass is 1470 g/mol. The average Bonchev–Trinajstić information content (AvgIpc) is 1.67. The largest absolute Gasteiger partial charge is 0.472 e. The van der Waals surface area contributed by atoms with Crippen LogP contribution in [0.5, 0.6) is 0 Å². The molecule has 37 nitrogen and oxygen atoms in total. The number of allylic oxidation sites excluding steroid dienone is 2. The Morgan fingerprint density at radius 1 is 0.437 bits per heavy atom. The van der Waals surface area contributed by atoms with Gasteiger partial charge in [-0.15, -0.1) is 13.2 Å². The third-order valence-electron chi connectivity index (χ3n) is 21.2. The number of carbonyl (C=O) groups is 5. The fourth-order valence-electron chi connectivity index (χ4n) is 15.2. The van der Waals surface area contributed by atoms with E-state index in [-0.39, 0.29) is 35.1 Å². The number of rotatable bonds is 24. The zero-order valence-electron chi connectivity index (χ0n) is 56.0. The van der Waals surface area contributed by atoms with Crippen LogP contribution in [0.25, 0.3) is 0 Å². The normalized spacial score (nSPS) is 45.3.